The number of carbonyl (C=O) groups is 2. The van der Waals surface area contributed by atoms with E-state index in [1.807, 2.05) is 29.0 Å². The molecule has 2 aliphatic heterocycles. The summed E-state index contributed by atoms with van der Waals surface area (Å²) < 4.78 is 0. The number of piperidine rings is 2. The minimum atomic E-state index is -0.0408. The minimum Gasteiger partial charge on any atom is -0.353 e. The van der Waals surface area contributed by atoms with Gasteiger partial charge in [-0.05, 0) is 43.7 Å². The lowest BCUT2D eigenvalue weighted by atomic mass is 9.98. The number of anilines is 1. The van der Waals surface area contributed by atoms with E-state index < -0.39 is 0 Å². The van der Waals surface area contributed by atoms with Crippen LogP contribution in [0.15, 0.2) is 18.3 Å². The Bertz CT molecular complexity index is 640. The average molecular weight is 374 g/mol. The van der Waals surface area contributed by atoms with Gasteiger partial charge in [0, 0.05) is 52.9 Å². The monoisotopic (exact) mass is 374 g/mol. The minimum absolute atomic E-state index is 0.0408. The molecule has 1 aromatic heterocycles. The average Bonchev–Trinajstić information content (AvgIpc) is 2.72. The van der Waals surface area contributed by atoms with E-state index >= 15 is 0 Å². The van der Waals surface area contributed by atoms with E-state index in [4.69, 9.17) is 0 Å². The van der Waals surface area contributed by atoms with Crippen molar-refractivity contribution in [1.82, 2.24) is 25.3 Å². The Morgan fingerprint density at radius 1 is 1.26 bits per heavy atom. The molecule has 2 atom stereocenters. The molecule has 2 unspecified atom stereocenters. The van der Waals surface area contributed by atoms with E-state index in [2.05, 4.69) is 20.4 Å². The van der Waals surface area contributed by atoms with Gasteiger partial charge in [0.05, 0.1) is 6.04 Å². The number of aromatic nitrogens is 2. The molecule has 1 N–H and O–H groups in total. The molecule has 3 rings (SSSR count). The first-order valence-electron chi connectivity index (χ1n) is 9.83. The van der Waals surface area contributed by atoms with Crippen molar-refractivity contribution < 1.29 is 9.59 Å². The molecule has 2 fully saturated rings. The third kappa shape index (κ3) is 5.08. The molecule has 27 heavy (non-hydrogen) atoms. The van der Waals surface area contributed by atoms with Crippen molar-refractivity contribution in [3.63, 3.8) is 0 Å². The third-order valence-corrected chi connectivity index (χ3v) is 5.65. The topological polar surface area (TPSA) is 81.7 Å². The Morgan fingerprint density at radius 3 is 2.81 bits per heavy atom. The number of amides is 3. The SMILES string of the molecule is CC(=O)N1CCCC(CNC(=O)N(C)C2CCCN(c3cccnn3)C2)C1. The molecule has 0 aromatic carbocycles. The highest BCUT2D eigenvalue weighted by Crippen LogP contribution is 2.20. The maximum atomic E-state index is 12.6. The summed E-state index contributed by atoms with van der Waals surface area (Å²) >= 11 is 0. The van der Waals surface area contributed by atoms with Gasteiger partial charge in [-0.3, -0.25) is 4.79 Å². The largest absolute Gasteiger partial charge is 0.353 e. The first-order valence-corrected chi connectivity index (χ1v) is 9.83. The molecular formula is C19H30N6O2. The number of hydrogen-bond donors (Lipinski definition) is 1. The van der Waals surface area contributed by atoms with E-state index in [0.29, 0.717) is 12.5 Å². The fourth-order valence-electron chi connectivity index (χ4n) is 3.98. The van der Waals surface area contributed by atoms with Gasteiger partial charge in [0.15, 0.2) is 5.82 Å². The van der Waals surface area contributed by atoms with Crippen LogP contribution in [0.4, 0.5) is 10.6 Å². The number of nitrogens with one attached hydrogen (secondary N) is 1. The van der Waals surface area contributed by atoms with Gasteiger partial charge in [0.25, 0.3) is 0 Å². The van der Waals surface area contributed by atoms with Crippen molar-refractivity contribution in [1.29, 1.82) is 0 Å². The lowest BCUT2D eigenvalue weighted by Gasteiger charge is -2.38. The summed E-state index contributed by atoms with van der Waals surface area (Å²) in [6, 6.07) is 3.96. The van der Waals surface area contributed by atoms with Gasteiger partial charge < -0.3 is 20.0 Å². The number of urea groups is 1. The molecule has 3 heterocycles. The van der Waals surface area contributed by atoms with Crippen LogP contribution in [0.25, 0.3) is 0 Å². The highest BCUT2D eigenvalue weighted by Gasteiger charge is 2.28. The number of likely N-dealkylation sites (N-methyl/N-ethyl adjacent to an activating group) is 1. The summed E-state index contributed by atoms with van der Waals surface area (Å²) in [7, 11) is 1.86. The van der Waals surface area contributed by atoms with E-state index in [9.17, 15) is 9.59 Å². The maximum absolute atomic E-state index is 12.6. The zero-order valence-electron chi connectivity index (χ0n) is 16.3. The first-order chi connectivity index (χ1) is 13.0. The summed E-state index contributed by atoms with van der Waals surface area (Å²) in [6.07, 6.45) is 5.74. The lowest BCUT2D eigenvalue weighted by Crippen LogP contribution is -2.52. The van der Waals surface area contributed by atoms with Gasteiger partial charge in [0.2, 0.25) is 5.91 Å². The van der Waals surface area contributed by atoms with Crippen molar-refractivity contribution in [2.75, 3.05) is 44.7 Å². The summed E-state index contributed by atoms with van der Waals surface area (Å²) in [5.41, 5.74) is 0. The molecule has 8 nitrogen and oxygen atoms in total. The zero-order chi connectivity index (χ0) is 19.2. The van der Waals surface area contributed by atoms with E-state index in [1.54, 1.807) is 13.1 Å². The van der Waals surface area contributed by atoms with Crippen LogP contribution in [0.2, 0.25) is 0 Å². The van der Waals surface area contributed by atoms with Gasteiger partial charge in [-0.15, -0.1) is 5.10 Å². The second-order valence-electron chi connectivity index (χ2n) is 7.59. The maximum Gasteiger partial charge on any atom is 0.317 e. The van der Waals surface area contributed by atoms with Crippen LogP contribution in [0.5, 0.6) is 0 Å². The second kappa shape index (κ2) is 9.01. The molecule has 1 aromatic rings. The van der Waals surface area contributed by atoms with Crippen LogP contribution in [0, 0.1) is 5.92 Å². The van der Waals surface area contributed by atoms with E-state index in [0.717, 1.165) is 57.7 Å². The van der Waals surface area contributed by atoms with Gasteiger partial charge in [-0.1, -0.05) is 0 Å². The number of hydrogen-bond acceptors (Lipinski definition) is 5. The van der Waals surface area contributed by atoms with Crippen molar-refractivity contribution in [2.45, 2.75) is 38.6 Å². The summed E-state index contributed by atoms with van der Waals surface area (Å²) in [5, 5.41) is 11.2. The lowest BCUT2D eigenvalue weighted by molar-refractivity contribution is -0.130. The summed E-state index contributed by atoms with van der Waals surface area (Å²) in [5.74, 6) is 1.32. The second-order valence-corrected chi connectivity index (χ2v) is 7.59. The zero-order valence-corrected chi connectivity index (χ0v) is 16.3. The molecule has 0 bridgehead atoms. The van der Waals surface area contributed by atoms with Gasteiger partial charge in [-0.25, -0.2) is 4.79 Å². The van der Waals surface area contributed by atoms with E-state index in [-0.39, 0.29) is 18.0 Å². The molecule has 0 spiro atoms. The van der Waals surface area contributed by atoms with Crippen molar-refractivity contribution in [3.8, 4) is 0 Å². The molecule has 2 saturated heterocycles. The Hall–Kier alpha value is -2.38. The molecule has 0 saturated carbocycles. The van der Waals surface area contributed by atoms with Crippen LogP contribution < -0.4 is 10.2 Å². The quantitative estimate of drug-likeness (QED) is 0.860. The Balaban J connectivity index is 1.49. The molecule has 148 valence electrons. The Labute approximate surface area is 160 Å². The predicted octanol–water partition coefficient (Wildman–Crippen LogP) is 1.35. The smallest absolute Gasteiger partial charge is 0.317 e. The van der Waals surface area contributed by atoms with Crippen molar-refractivity contribution in [2.24, 2.45) is 5.92 Å². The van der Waals surface area contributed by atoms with Crippen molar-refractivity contribution in [3.05, 3.63) is 18.3 Å². The van der Waals surface area contributed by atoms with Crippen molar-refractivity contribution >= 4 is 17.8 Å². The molecule has 0 aliphatic carbocycles. The van der Waals surface area contributed by atoms with Gasteiger partial charge >= 0.3 is 6.03 Å². The molecule has 8 heteroatoms. The molecule has 3 amide bonds. The number of carbonyl (C=O) groups excluding carboxylic acids is 2. The molecule has 2 aliphatic rings. The fraction of sp³-hybridized carbons (Fsp3) is 0.684. The van der Waals surface area contributed by atoms with E-state index in [1.165, 1.54) is 0 Å². The van der Waals surface area contributed by atoms with Crippen LogP contribution in [-0.2, 0) is 4.79 Å². The number of likely N-dealkylation sites (tertiary alicyclic amines) is 1. The highest BCUT2D eigenvalue weighted by atomic mass is 16.2. The third-order valence-electron chi connectivity index (χ3n) is 5.65. The normalized spacial score (nSPS) is 23.0. The Kier molecular flexibility index (Phi) is 6.47. The molecular weight excluding hydrogens is 344 g/mol. The van der Waals surface area contributed by atoms with Gasteiger partial charge in [0.1, 0.15) is 0 Å². The number of rotatable bonds is 4. The number of nitrogens with zero attached hydrogens (tertiary/aromatic N) is 5. The standard InChI is InChI=1S/C19H30N6O2/c1-15(26)24-10-4-6-16(13-24)12-20-19(27)23(2)17-7-5-11-25(14-17)18-8-3-9-21-22-18/h3,8-9,16-17H,4-7,10-14H2,1-2H3,(H,20,27). The predicted molar refractivity (Wildman–Crippen MR) is 103 cm³/mol. The highest BCUT2D eigenvalue weighted by molar-refractivity contribution is 5.74. The molecule has 0 radical (unpaired) electrons. The van der Waals surface area contributed by atoms with Crippen LogP contribution in [0.1, 0.15) is 32.6 Å². The summed E-state index contributed by atoms with van der Waals surface area (Å²) in [4.78, 5) is 30.1. The first kappa shape index (κ1) is 19.4. The Morgan fingerprint density at radius 2 is 2.07 bits per heavy atom. The fourth-order valence-corrected chi connectivity index (χ4v) is 3.98. The summed E-state index contributed by atoms with van der Waals surface area (Å²) in [6.45, 7) is 5.51. The van der Waals surface area contributed by atoms with Crippen LogP contribution in [0.3, 0.4) is 0 Å². The van der Waals surface area contributed by atoms with Crippen LogP contribution >= 0.6 is 0 Å². The van der Waals surface area contributed by atoms with Crippen LogP contribution in [-0.4, -0.2) is 77.7 Å². The van der Waals surface area contributed by atoms with Gasteiger partial charge in [-0.2, -0.15) is 5.10 Å².